The van der Waals surface area contributed by atoms with Gasteiger partial charge in [0, 0.05) is 12.6 Å². The third-order valence-electron chi connectivity index (χ3n) is 3.14. The summed E-state index contributed by atoms with van der Waals surface area (Å²) in [4.78, 5) is 11.5. The fourth-order valence-corrected chi connectivity index (χ4v) is 1.93. The number of hydrogen-bond donors (Lipinski definition) is 2. The van der Waals surface area contributed by atoms with Crippen molar-refractivity contribution in [2.24, 2.45) is 0 Å². The lowest BCUT2D eigenvalue weighted by Crippen LogP contribution is -2.37. The van der Waals surface area contributed by atoms with Gasteiger partial charge in [-0.25, -0.2) is 4.79 Å². The molecule has 1 saturated carbocycles. The highest BCUT2D eigenvalue weighted by Crippen LogP contribution is 2.28. The van der Waals surface area contributed by atoms with Gasteiger partial charge in [-0.1, -0.05) is 6.07 Å². The van der Waals surface area contributed by atoms with Gasteiger partial charge < -0.3 is 20.1 Å². The van der Waals surface area contributed by atoms with Crippen LogP contribution < -0.4 is 20.1 Å². The number of rotatable bonds is 7. The fraction of sp³-hybridized carbons (Fsp3) is 0.533. The molecule has 1 fully saturated rings. The maximum absolute atomic E-state index is 11.5. The third-order valence-corrected chi connectivity index (χ3v) is 3.14. The minimum atomic E-state index is -0.0783. The first-order chi connectivity index (χ1) is 9.72. The summed E-state index contributed by atoms with van der Waals surface area (Å²) in [6.45, 7) is 3.16. The van der Waals surface area contributed by atoms with Gasteiger partial charge in [0.1, 0.15) is 0 Å². The molecule has 1 aliphatic carbocycles. The Kier molecular flexibility index (Phi) is 5.09. The van der Waals surface area contributed by atoms with Crippen molar-refractivity contribution in [2.75, 3.05) is 20.3 Å². The maximum Gasteiger partial charge on any atom is 0.315 e. The molecule has 110 valence electrons. The highest BCUT2D eigenvalue weighted by molar-refractivity contribution is 5.74. The fourth-order valence-electron chi connectivity index (χ4n) is 1.93. The van der Waals surface area contributed by atoms with Crippen LogP contribution in [0.15, 0.2) is 18.2 Å². The van der Waals surface area contributed by atoms with Gasteiger partial charge in [0.05, 0.1) is 13.7 Å². The molecule has 5 nitrogen and oxygen atoms in total. The van der Waals surface area contributed by atoms with E-state index in [-0.39, 0.29) is 6.03 Å². The first-order valence-electron chi connectivity index (χ1n) is 7.07. The van der Waals surface area contributed by atoms with Crippen LogP contribution in [0.5, 0.6) is 11.5 Å². The van der Waals surface area contributed by atoms with Crippen LogP contribution in [0.2, 0.25) is 0 Å². The molecule has 2 rings (SSSR count). The van der Waals surface area contributed by atoms with Crippen LogP contribution in [0.4, 0.5) is 4.79 Å². The number of benzene rings is 1. The average Bonchev–Trinajstić information content (AvgIpc) is 3.24. The number of carbonyl (C=O) groups excluding carboxylic acids is 1. The number of carbonyl (C=O) groups is 1. The molecule has 20 heavy (non-hydrogen) atoms. The Bertz CT molecular complexity index is 458. The number of nitrogens with one attached hydrogen (secondary N) is 2. The van der Waals surface area contributed by atoms with Gasteiger partial charge in [0.15, 0.2) is 11.5 Å². The maximum atomic E-state index is 11.5. The molecule has 1 aromatic carbocycles. The molecule has 2 N–H and O–H groups in total. The first-order valence-corrected chi connectivity index (χ1v) is 7.07. The van der Waals surface area contributed by atoms with Crippen LogP contribution in [0.25, 0.3) is 0 Å². The molecule has 0 bridgehead atoms. The molecule has 0 spiro atoms. The molecule has 0 unspecified atom stereocenters. The highest BCUT2D eigenvalue weighted by Gasteiger charge is 2.22. The second-order valence-electron chi connectivity index (χ2n) is 4.84. The van der Waals surface area contributed by atoms with E-state index in [9.17, 15) is 4.79 Å². The Labute approximate surface area is 119 Å². The largest absolute Gasteiger partial charge is 0.493 e. The summed E-state index contributed by atoms with van der Waals surface area (Å²) in [5.74, 6) is 1.48. The Hall–Kier alpha value is -1.91. The van der Waals surface area contributed by atoms with Crippen molar-refractivity contribution in [1.82, 2.24) is 10.6 Å². The molecule has 0 aliphatic heterocycles. The highest BCUT2D eigenvalue weighted by atomic mass is 16.5. The van der Waals surface area contributed by atoms with Crippen LogP contribution in [0, 0.1) is 0 Å². The summed E-state index contributed by atoms with van der Waals surface area (Å²) in [6, 6.07) is 6.16. The van der Waals surface area contributed by atoms with Crippen molar-refractivity contribution in [2.45, 2.75) is 32.2 Å². The molecule has 0 aromatic heterocycles. The van der Waals surface area contributed by atoms with E-state index in [1.54, 1.807) is 7.11 Å². The van der Waals surface area contributed by atoms with Crippen LogP contribution in [0.1, 0.15) is 25.3 Å². The summed E-state index contributed by atoms with van der Waals surface area (Å²) >= 11 is 0. The topological polar surface area (TPSA) is 59.6 Å². The molecule has 1 aliphatic rings. The number of amides is 2. The van der Waals surface area contributed by atoms with E-state index in [0.29, 0.717) is 19.2 Å². The predicted molar refractivity (Wildman–Crippen MR) is 77.4 cm³/mol. The van der Waals surface area contributed by atoms with E-state index in [2.05, 4.69) is 10.6 Å². The van der Waals surface area contributed by atoms with E-state index < -0.39 is 0 Å². The summed E-state index contributed by atoms with van der Waals surface area (Å²) < 4.78 is 10.8. The zero-order chi connectivity index (χ0) is 14.4. The van der Waals surface area contributed by atoms with Gasteiger partial charge in [0.2, 0.25) is 0 Å². The number of urea groups is 1. The van der Waals surface area contributed by atoms with Crippen molar-refractivity contribution in [3.8, 4) is 11.5 Å². The normalized spacial score (nSPS) is 13.7. The van der Waals surface area contributed by atoms with E-state index >= 15 is 0 Å². The SMILES string of the molecule is CCOc1ccc(CCNC(=O)NC2CC2)cc1OC. The Morgan fingerprint density at radius 1 is 1.35 bits per heavy atom. The zero-order valence-corrected chi connectivity index (χ0v) is 12.1. The minimum Gasteiger partial charge on any atom is -0.493 e. The molecule has 2 amide bonds. The second kappa shape index (κ2) is 7.03. The van der Waals surface area contributed by atoms with Crippen molar-refractivity contribution < 1.29 is 14.3 Å². The minimum absolute atomic E-state index is 0.0783. The molecular formula is C15H22N2O3. The lowest BCUT2D eigenvalue weighted by Gasteiger charge is -2.11. The Morgan fingerprint density at radius 2 is 2.15 bits per heavy atom. The molecule has 0 atom stereocenters. The van der Waals surface area contributed by atoms with Crippen LogP contribution in [-0.2, 0) is 6.42 Å². The van der Waals surface area contributed by atoms with Gasteiger partial charge >= 0.3 is 6.03 Å². The van der Waals surface area contributed by atoms with Gasteiger partial charge in [-0.15, -0.1) is 0 Å². The summed E-state index contributed by atoms with van der Waals surface area (Å²) in [5, 5.41) is 5.75. The van der Waals surface area contributed by atoms with E-state index in [0.717, 1.165) is 36.3 Å². The van der Waals surface area contributed by atoms with Crippen molar-refractivity contribution in [3.63, 3.8) is 0 Å². The zero-order valence-electron chi connectivity index (χ0n) is 12.1. The number of ether oxygens (including phenoxy) is 2. The molecule has 0 heterocycles. The number of hydrogen-bond acceptors (Lipinski definition) is 3. The van der Waals surface area contributed by atoms with Gasteiger partial charge in [-0.05, 0) is 43.9 Å². The quantitative estimate of drug-likeness (QED) is 0.803. The Morgan fingerprint density at radius 3 is 2.80 bits per heavy atom. The molecule has 0 radical (unpaired) electrons. The number of methoxy groups -OCH3 is 1. The average molecular weight is 278 g/mol. The van der Waals surface area contributed by atoms with Crippen LogP contribution in [0.3, 0.4) is 0 Å². The monoisotopic (exact) mass is 278 g/mol. The summed E-state index contributed by atoms with van der Waals surface area (Å²) in [6.07, 6.45) is 2.97. The van der Waals surface area contributed by atoms with Gasteiger partial charge in [-0.3, -0.25) is 0 Å². The Balaban J connectivity index is 1.81. The lowest BCUT2D eigenvalue weighted by atomic mass is 10.1. The molecular weight excluding hydrogens is 256 g/mol. The molecule has 1 aromatic rings. The van der Waals surface area contributed by atoms with Crippen LogP contribution >= 0.6 is 0 Å². The van der Waals surface area contributed by atoms with Crippen LogP contribution in [-0.4, -0.2) is 32.3 Å². The summed E-state index contributed by atoms with van der Waals surface area (Å²) in [7, 11) is 1.63. The molecule has 5 heteroatoms. The third kappa shape index (κ3) is 4.33. The summed E-state index contributed by atoms with van der Waals surface area (Å²) in [5.41, 5.74) is 1.11. The van der Waals surface area contributed by atoms with E-state index in [1.807, 2.05) is 25.1 Å². The second-order valence-corrected chi connectivity index (χ2v) is 4.84. The first kappa shape index (κ1) is 14.5. The smallest absolute Gasteiger partial charge is 0.315 e. The lowest BCUT2D eigenvalue weighted by molar-refractivity contribution is 0.240. The van der Waals surface area contributed by atoms with Gasteiger partial charge in [-0.2, -0.15) is 0 Å². The predicted octanol–water partition coefficient (Wildman–Crippen LogP) is 2.10. The van der Waals surface area contributed by atoms with Gasteiger partial charge in [0.25, 0.3) is 0 Å². The van der Waals surface area contributed by atoms with Crippen molar-refractivity contribution >= 4 is 6.03 Å². The van der Waals surface area contributed by atoms with Crippen molar-refractivity contribution in [3.05, 3.63) is 23.8 Å². The van der Waals surface area contributed by atoms with E-state index in [1.165, 1.54) is 0 Å². The molecule has 0 saturated heterocycles. The van der Waals surface area contributed by atoms with E-state index in [4.69, 9.17) is 9.47 Å². The van der Waals surface area contributed by atoms with Crippen molar-refractivity contribution in [1.29, 1.82) is 0 Å². The standard InChI is InChI=1S/C15H22N2O3/c1-3-20-13-7-4-11(10-14(13)19-2)8-9-16-15(18)17-12-5-6-12/h4,7,10,12H,3,5-6,8-9H2,1-2H3,(H2,16,17,18).